The number of ether oxygens (including phenoxy) is 2. The number of carbonyl (C=O) groups is 2. The molecule has 0 aliphatic heterocycles. The van der Waals surface area contributed by atoms with Gasteiger partial charge in [-0.1, -0.05) is 18.2 Å². The van der Waals surface area contributed by atoms with E-state index >= 15 is 0 Å². The van der Waals surface area contributed by atoms with E-state index < -0.39 is 5.97 Å². The summed E-state index contributed by atoms with van der Waals surface area (Å²) in [5.41, 5.74) is 1.53. The lowest BCUT2D eigenvalue weighted by atomic mass is 10.1. The lowest BCUT2D eigenvalue weighted by Crippen LogP contribution is -2.15. The van der Waals surface area contributed by atoms with Gasteiger partial charge in [-0.15, -0.1) is 22.7 Å². The molecule has 1 N–H and O–H groups in total. The van der Waals surface area contributed by atoms with Crippen LogP contribution in [0.1, 0.15) is 27.6 Å². The van der Waals surface area contributed by atoms with Crippen molar-refractivity contribution in [2.75, 3.05) is 19.0 Å². The van der Waals surface area contributed by atoms with E-state index in [4.69, 9.17) is 9.47 Å². The maximum atomic E-state index is 12.7. The molecule has 0 radical (unpaired) electrons. The Morgan fingerprint density at radius 3 is 2.62 bits per heavy atom. The lowest BCUT2D eigenvalue weighted by molar-refractivity contribution is 0.0603. The summed E-state index contributed by atoms with van der Waals surface area (Å²) in [5.74, 6) is -0.316. The molecule has 5 nitrogen and oxygen atoms in total. The molecule has 7 heteroatoms. The molecule has 1 aromatic carbocycles. The van der Waals surface area contributed by atoms with Crippen molar-refractivity contribution in [3.05, 3.63) is 58.3 Å². The van der Waals surface area contributed by atoms with Gasteiger partial charge >= 0.3 is 5.97 Å². The number of rotatable bonds is 6. The van der Waals surface area contributed by atoms with Gasteiger partial charge in [0.05, 0.1) is 19.3 Å². The minimum Gasteiger partial charge on any atom is -0.493 e. The third-order valence-electron chi connectivity index (χ3n) is 3.63. The molecule has 2 aromatic heterocycles. The van der Waals surface area contributed by atoms with Crippen molar-refractivity contribution in [3.63, 3.8) is 0 Å². The standard InChI is InChI=1S/C19H17NO4S2/c1-3-24-14-8-5-4-7-12(14)17(21)20-18-16(19(22)23-2)13(11-26-18)15-9-6-10-25-15/h4-11H,3H2,1-2H3,(H,20,21). The summed E-state index contributed by atoms with van der Waals surface area (Å²) < 4.78 is 10.4. The summed E-state index contributed by atoms with van der Waals surface area (Å²) in [5, 5.41) is 7.07. The summed E-state index contributed by atoms with van der Waals surface area (Å²) in [7, 11) is 1.33. The van der Waals surface area contributed by atoms with E-state index in [9.17, 15) is 9.59 Å². The molecule has 0 atom stereocenters. The Labute approximate surface area is 159 Å². The van der Waals surface area contributed by atoms with E-state index in [0.717, 1.165) is 10.4 Å². The highest BCUT2D eigenvalue weighted by atomic mass is 32.1. The molecule has 0 aliphatic rings. The average molecular weight is 387 g/mol. The van der Waals surface area contributed by atoms with Gasteiger partial charge in [0.25, 0.3) is 5.91 Å². The molecule has 1 amide bonds. The Hall–Kier alpha value is -2.64. The van der Waals surface area contributed by atoms with E-state index in [0.29, 0.717) is 28.5 Å². The number of hydrogen-bond acceptors (Lipinski definition) is 6. The first-order valence-corrected chi connectivity index (χ1v) is 9.68. The summed E-state index contributed by atoms with van der Waals surface area (Å²) in [6, 6.07) is 10.8. The number of methoxy groups -OCH3 is 1. The van der Waals surface area contributed by atoms with Crippen molar-refractivity contribution < 1.29 is 19.1 Å². The van der Waals surface area contributed by atoms with Crippen molar-refractivity contribution in [1.82, 2.24) is 0 Å². The zero-order chi connectivity index (χ0) is 18.5. The van der Waals surface area contributed by atoms with Crippen LogP contribution < -0.4 is 10.1 Å². The Balaban J connectivity index is 1.95. The van der Waals surface area contributed by atoms with Gasteiger partial charge in [0.15, 0.2) is 0 Å². The minimum atomic E-state index is -0.483. The van der Waals surface area contributed by atoms with Gasteiger partial charge < -0.3 is 14.8 Å². The van der Waals surface area contributed by atoms with Gasteiger partial charge in [-0.3, -0.25) is 4.79 Å². The second-order valence-corrected chi connectivity index (χ2v) is 7.03. The van der Waals surface area contributed by atoms with Gasteiger partial charge in [0.1, 0.15) is 16.3 Å². The fourth-order valence-corrected chi connectivity index (χ4v) is 4.24. The molecule has 134 valence electrons. The van der Waals surface area contributed by atoms with E-state index in [1.54, 1.807) is 18.2 Å². The molecule has 0 aliphatic carbocycles. The number of anilines is 1. The quantitative estimate of drug-likeness (QED) is 0.610. The first-order valence-electron chi connectivity index (χ1n) is 7.92. The molecule has 0 spiro atoms. The highest BCUT2D eigenvalue weighted by Gasteiger charge is 2.24. The fraction of sp³-hybridized carbons (Fsp3) is 0.158. The molecular formula is C19H17NO4S2. The number of nitrogens with one attached hydrogen (secondary N) is 1. The topological polar surface area (TPSA) is 64.6 Å². The highest BCUT2D eigenvalue weighted by Crippen LogP contribution is 2.38. The molecule has 0 bridgehead atoms. The lowest BCUT2D eigenvalue weighted by Gasteiger charge is -2.10. The number of amides is 1. The number of benzene rings is 1. The van der Waals surface area contributed by atoms with E-state index in [-0.39, 0.29) is 5.91 Å². The highest BCUT2D eigenvalue weighted by molar-refractivity contribution is 7.17. The maximum absolute atomic E-state index is 12.7. The van der Waals surface area contributed by atoms with Crippen LogP contribution in [-0.2, 0) is 4.74 Å². The first-order chi connectivity index (χ1) is 12.7. The summed E-state index contributed by atoms with van der Waals surface area (Å²) >= 11 is 2.82. The van der Waals surface area contributed by atoms with Gasteiger partial charge in [-0.25, -0.2) is 4.79 Å². The molecule has 3 aromatic rings. The zero-order valence-electron chi connectivity index (χ0n) is 14.3. The molecule has 0 fully saturated rings. The Bertz CT molecular complexity index is 916. The molecule has 3 rings (SSSR count). The average Bonchev–Trinajstić information content (AvgIpc) is 3.31. The predicted octanol–water partition coefficient (Wildman–Crippen LogP) is 4.91. The Morgan fingerprint density at radius 1 is 1.12 bits per heavy atom. The molecule has 0 saturated carbocycles. The smallest absolute Gasteiger partial charge is 0.341 e. The molecule has 0 unspecified atom stereocenters. The van der Waals surface area contributed by atoms with Crippen LogP contribution in [0.3, 0.4) is 0 Å². The third kappa shape index (κ3) is 3.63. The SMILES string of the molecule is CCOc1ccccc1C(=O)Nc1scc(-c2cccs2)c1C(=O)OC. The molecule has 2 heterocycles. The number of thiophene rings is 2. The fourth-order valence-electron chi connectivity index (χ4n) is 2.47. The minimum absolute atomic E-state index is 0.334. The van der Waals surface area contributed by atoms with E-state index in [1.165, 1.54) is 29.8 Å². The van der Waals surface area contributed by atoms with Crippen LogP contribution in [-0.4, -0.2) is 25.6 Å². The number of hydrogen-bond donors (Lipinski definition) is 1. The van der Waals surface area contributed by atoms with Crippen molar-refractivity contribution in [3.8, 4) is 16.2 Å². The maximum Gasteiger partial charge on any atom is 0.341 e. The van der Waals surface area contributed by atoms with Crippen molar-refractivity contribution in [2.24, 2.45) is 0 Å². The van der Waals surface area contributed by atoms with Crippen LogP contribution in [0.4, 0.5) is 5.00 Å². The van der Waals surface area contributed by atoms with Gasteiger partial charge in [-0.2, -0.15) is 0 Å². The predicted molar refractivity (Wildman–Crippen MR) is 105 cm³/mol. The first kappa shape index (κ1) is 18.2. The van der Waals surface area contributed by atoms with Crippen LogP contribution in [0.25, 0.3) is 10.4 Å². The second kappa shape index (κ2) is 8.16. The van der Waals surface area contributed by atoms with Crippen LogP contribution >= 0.6 is 22.7 Å². The van der Waals surface area contributed by atoms with E-state index in [1.807, 2.05) is 35.9 Å². The molecule has 26 heavy (non-hydrogen) atoms. The van der Waals surface area contributed by atoms with E-state index in [2.05, 4.69) is 5.32 Å². The third-order valence-corrected chi connectivity index (χ3v) is 5.42. The van der Waals surface area contributed by atoms with Crippen molar-refractivity contribution in [1.29, 1.82) is 0 Å². The molecule has 0 saturated heterocycles. The van der Waals surface area contributed by atoms with Crippen LogP contribution in [0.5, 0.6) is 5.75 Å². The number of carbonyl (C=O) groups excluding carboxylic acids is 2. The number of esters is 1. The van der Waals surface area contributed by atoms with Crippen molar-refractivity contribution in [2.45, 2.75) is 6.92 Å². The zero-order valence-corrected chi connectivity index (χ0v) is 15.9. The van der Waals surface area contributed by atoms with Crippen molar-refractivity contribution >= 4 is 39.6 Å². The monoisotopic (exact) mass is 387 g/mol. The second-order valence-electron chi connectivity index (χ2n) is 5.21. The Morgan fingerprint density at radius 2 is 1.92 bits per heavy atom. The Kier molecular flexibility index (Phi) is 5.70. The van der Waals surface area contributed by atoms with Gasteiger partial charge in [-0.05, 0) is 30.5 Å². The summed E-state index contributed by atoms with van der Waals surface area (Å²) in [6.07, 6.45) is 0. The summed E-state index contributed by atoms with van der Waals surface area (Å²) in [4.78, 5) is 26.0. The molecular weight excluding hydrogens is 370 g/mol. The van der Waals surface area contributed by atoms with Crippen LogP contribution in [0.2, 0.25) is 0 Å². The largest absolute Gasteiger partial charge is 0.493 e. The normalized spacial score (nSPS) is 10.4. The van der Waals surface area contributed by atoms with Gasteiger partial charge in [0.2, 0.25) is 0 Å². The number of para-hydroxylation sites is 1. The van der Waals surface area contributed by atoms with Crippen LogP contribution in [0.15, 0.2) is 47.2 Å². The summed E-state index contributed by atoms with van der Waals surface area (Å²) in [6.45, 7) is 2.32. The van der Waals surface area contributed by atoms with Crippen LogP contribution in [0, 0.1) is 0 Å². The van der Waals surface area contributed by atoms with Gasteiger partial charge in [0, 0.05) is 15.8 Å².